The molecule has 0 saturated carbocycles. The molecule has 0 fully saturated rings. The van der Waals surface area contributed by atoms with E-state index in [4.69, 9.17) is 5.41 Å². The van der Waals surface area contributed by atoms with E-state index >= 15 is 0 Å². The molecule has 0 spiro atoms. The van der Waals surface area contributed by atoms with Crippen LogP contribution in [0.5, 0.6) is 0 Å². The minimum absolute atomic E-state index is 0.648. The highest BCUT2D eigenvalue weighted by atomic mass is 14.4. The van der Waals surface area contributed by atoms with Gasteiger partial charge in [-0.25, -0.2) is 0 Å². The highest BCUT2D eigenvalue weighted by Gasteiger charge is 2.06. The summed E-state index contributed by atoms with van der Waals surface area (Å²) in [4.78, 5) is 0. The van der Waals surface area contributed by atoms with Crippen LogP contribution in [0.3, 0.4) is 0 Å². The maximum absolute atomic E-state index is 7.44. The smallest absolute Gasteiger partial charge is 0.0308 e. The fraction of sp³-hybridized carbons (Fsp3) is 0.769. The van der Waals surface area contributed by atoms with E-state index in [2.05, 4.69) is 20.4 Å². The molecule has 1 unspecified atom stereocenters. The summed E-state index contributed by atoms with van der Waals surface area (Å²) in [6.07, 6.45) is 7.47. The summed E-state index contributed by atoms with van der Waals surface area (Å²) in [5.41, 5.74) is 1.66. The highest BCUT2D eigenvalue weighted by Crippen LogP contribution is 2.20. The van der Waals surface area contributed by atoms with Crippen molar-refractivity contribution in [1.29, 1.82) is 5.41 Å². The number of nitrogens with one attached hydrogen (secondary N) is 1. The molecular weight excluding hydrogens is 170 g/mol. The minimum atomic E-state index is 0.648. The number of allylic oxidation sites excluding steroid dienone is 1. The first kappa shape index (κ1) is 13.4. The van der Waals surface area contributed by atoms with Crippen molar-refractivity contribution in [1.82, 2.24) is 0 Å². The largest absolute Gasteiger partial charge is 0.305 e. The van der Waals surface area contributed by atoms with Crippen LogP contribution in [0.1, 0.15) is 59.3 Å². The van der Waals surface area contributed by atoms with Crippen LogP contribution in [0, 0.1) is 11.3 Å². The first-order valence-corrected chi connectivity index (χ1v) is 5.85. The molecule has 0 aromatic carbocycles. The fourth-order valence-electron chi connectivity index (χ4n) is 1.61. The van der Waals surface area contributed by atoms with Gasteiger partial charge in [0.15, 0.2) is 0 Å². The average molecular weight is 195 g/mol. The van der Waals surface area contributed by atoms with Gasteiger partial charge >= 0.3 is 0 Å². The summed E-state index contributed by atoms with van der Waals surface area (Å²) in [7, 11) is 0. The summed E-state index contributed by atoms with van der Waals surface area (Å²) in [6.45, 7) is 10.3. The summed E-state index contributed by atoms with van der Waals surface area (Å²) >= 11 is 0. The molecule has 0 bridgehead atoms. The molecule has 82 valence electrons. The highest BCUT2D eigenvalue weighted by molar-refractivity contribution is 5.94. The van der Waals surface area contributed by atoms with E-state index in [1.807, 2.05) is 6.92 Å². The van der Waals surface area contributed by atoms with E-state index in [1.54, 1.807) is 0 Å². The lowest BCUT2D eigenvalue weighted by Gasteiger charge is -2.14. The van der Waals surface area contributed by atoms with Gasteiger partial charge < -0.3 is 5.41 Å². The second-order valence-electron chi connectivity index (χ2n) is 4.18. The standard InChI is InChI=1S/C13H25N/c1-5-7-8-13(6-2)10-9-11(3)12(4)14/h13-14H,3,5-10H2,1-2,4H3. The zero-order valence-electron chi connectivity index (χ0n) is 10.0. The normalized spacial score (nSPS) is 12.5. The van der Waals surface area contributed by atoms with E-state index in [0.29, 0.717) is 5.71 Å². The third-order valence-electron chi connectivity index (χ3n) is 2.93. The summed E-state index contributed by atoms with van der Waals surface area (Å²) in [5, 5.41) is 7.44. The van der Waals surface area contributed by atoms with Gasteiger partial charge in [-0.15, -0.1) is 0 Å². The van der Waals surface area contributed by atoms with Crippen LogP contribution in [0.4, 0.5) is 0 Å². The van der Waals surface area contributed by atoms with Crippen LogP contribution in [-0.2, 0) is 0 Å². The van der Waals surface area contributed by atoms with Crippen molar-refractivity contribution in [3.63, 3.8) is 0 Å². The Labute approximate surface area is 89.1 Å². The zero-order valence-corrected chi connectivity index (χ0v) is 10.0. The Bertz CT molecular complexity index is 182. The van der Waals surface area contributed by atoms with Gasteiger partial charge in [0.2, 0.25) is 0 Å². The SMILES string of the molecule is C=C(CCC(CC)CCCC)C(C)=N. The van der Waals surface area contributed by atoms with E-state index in [9.17, 15) is 0 Å². The molecule has 0 radical (unpaired) electrons. The molecule has 1 heteroatoms. The van der Waals surface area contributed by atoms with Crippen molar-refractivity contribution >= 4 is 5.71 Å². The van der Waals surface area contributed by atoms with Crippen molar-refractivity contribution in [2.45, 2.75) is 59.3 Å². The number of hydrogen-bond acceptors (Lipinski definition) is 1. The van der Waals surface area contributed by atoms with Crippen molar-refractivity contribution in [2.75, 3.05) is 0 Å². The van der Waals surface area contributed by atoms with Crippen LogP contribution in [0.15, 0.2) is 12.2 Å². The Morgan fingerprint density at radius 1 is 1.29 bits per heavy atom. The van der Waals surface area contributed by atoms with E-state index in [-0.39, 0.29) is 0 Å². The first-order chi connectivity index (χ1) is 6.61. The van der Waals surface area contributed by atoms with Crippen molar-refractivity contribution in [3.05, 3.63) is 12.2 Å². The van der Waals surface area contributed by atoms with Gasteiger partial charge in [-0.05, 0) is 31.3 Å². The van der Waals surface area contributed by atoms with E-state index in [1.165, 1.54) is 32.1 Å². The monoisotopic (exact) mass is 195 g/mol. The molecular formula is C13H25N. The van der Waals surface area contributed by atoms with Gasteiger partial charge in [0, 0.05) is 5.71 Å². The molecule has 1 atom stereocenters. The molecule has 1 N–H and O–H groups in total. The van der Waals surface area contributed by atoms with E-state index in [0.717, 1.165) is 17.9 Å². The quantitative estimate of drug-likeness (QED) is 0.548. The van der Waals surface area contributed by atoms with Crippen LogP contribution in [0.25, 0.3) is 0 Å². The third-order valence-corrected chi connectivity index (χ3v) is 2.93. The second kappa shape index (κ2) is 7.78. The Morgan fingerprint density at radius 2 is 1.93 bits per heavy atom. The van der Waals surface area contributed by atoms with Gasteiger partial charge in [-0.3, -0.25) is 0 Å². The van der Waals surface area contributed by atoms with Gasteiger partial charge in [0.1, 0.15) is 0 Å². The molecule has 0 aliphatic rings. The lowest BCUT2D eigenvalue weighted by atomic mass is 9.92. The predicted octanol–water partition coefficient (Wildman–Crippen LogP) is 4.58. The lowest BCUT2D eigenvalue weighted by molar-refractivity contribution is 0.423. The third kappa shape index (κ3) is 5.95. The fourth-order valence-corrected chi connectivity index (χ4v) is 1.61. The van der Waals surface area contributed by atoms with Gasteiger partial charge in [0.25, 0.3) is 0 Å². The number of hydrogen-bond donors (Lipinski definition) is 1. The predicted molar refractivity (Wildman–Crippen MR) is 65.1 cm³/mol. The van der Waals surface area contributed by atoms with Gasteiger partial charge in [-0.2, -0.15) is 0 Å². The van der Waals surface area contributed by atoms with Crippen molar-refractivity contribution < 1.29 is 0 Å². The van der Waals surface area contributed by atoms with Crippen molar-refractivity contribution in [3.8, 4) is 0 Å². The van der Waals surface area contributed by atoms with Crippen LogP contribution in [0.2, 0.25) is 0 Å². The summed E-state index contributed by atoms with van der Waals surface area (Å²) < 4.78 is 0. The number of unbranched alkanes of at least 4 members (excludes halogenated alkanes) is 1. The molecule has 0 aromatic heterocycles. The minimum Gasteiger partial charge on any atom is -0.305 e. The molecule has 0 aliphatic heterocycles. The van der Waals surface area contributed by atoms with E-state index < -0.39 is 0 Å². The first-order valence-electron chi connectivity index (χ1n) is 5.85. The molecule has 14 heavy (non-hydrogen) atoms. The molecule has 0 aromatic rings. The van der Waals surface area contributed by atoms with Gasteiger partial charge in [-0.1, -0.05) is 46.1 Å². The molecule has 0 amide bonds. The number of rotatable bonds is 8. The zero-order chi connectivity index (χ0) is 11.0. The molecule has 0 saturated heterocycles. The molecule has 0 heterocycles. The van der Waals surface area contributed by atoms with Crippen LogP contribution >= 0.6 is 0 Å². The Morgan fingerprint density at radius 3 is 2.36 bits per heavy atom. The topological polar surface area (TPSA) is 23.9 Å². The van der Waals surface area contributed by atoms with Crippen LogP contribution < -0.4 is 0 Å². The lowest BCUT2D eigenvalue weighted by Crippen LogP contribution is -2.02. The summed E-state index contributed by atoms with van der Waals surface area (Å²) in [6, 6.07) is 0. The Hall–Kier alpha value is -0.590. The summed E-state index contributed by atoms with van der Waals surface area (Å²) in [5.74, 6) is 0.839. The van der Waals surface area contributed by atoms with Crippen LogP contribution in [-0.4, -0.2) is 5.71 Å². The Balaban J connectivity index is 3.71. The maximum atomic E-state index is 7.44. The maximum Gasteiger partial charge on any atom is 0.0308 e. The molecule has 0 rings (SSSR count). The Kier molecular flexibility index (Phi) is 7.45. The second-order valence-corrected chi connectivity index (χ2v) is 4.18. The molecule has 0 aliphatic carbocycles. The molecule has 1 nitrogen and oxygen atoms in total. The van der Waals surface area contributed by atoms with Gasteiger partial charge in [0.05, 0.1) is 0 Å². The average Bonchev–Trinajstić information content (AvgIpc) is 2.17. The van der Waals surface area contributed by atoms with Crippen molar-refractivity contribution in [2.24, 2.45) is 5.92 Å².